The van der Waals surface area contributed by atoms with E-state index >= 15 is 0 Å². The van der Waals surface area contributed by atoms with Crippen LogP contribution in [0.25, 0.3) is 11.4 Å². The van der Waals surface area contributed by atoms with Crippen molar-refractivity contribution >= 4 is 0 Å². The molecule has 0 amide bonds. The molecule has 2 aromatic rings. The number of ether oxygens (including phenoxy) is 1. The van der Waals surface area contributed by atoms with Gasteiger partial charge in [-0.25, -0.2) is 0 Å². The smallest absolute Gasteiger partial charge is 0.229 e. The highest BCUT2D eigenvalue weighted by Gasteiger charge is 2.08. The molecule has 0 aliphatic carbocycles. The van der Waals surface area contributed by atoms with Gasteiger partial charge in [0.15, 0.2) is 0 Å². The molecule has 0 aliphatic rings. The van der Waals surface area contributed by atoms with Gasteiger partial charge in [0.2, 0.25) is 11.7 Å². The molecule has 0 saturated heterocycles. The topological polar surface area (TPSA) is 68.4 Å². The van der Waals surface area contributed by atoms with E-state index in [9.17, 15) is 5.11 Å². The van der Waals surface area contributed by atoms with Gasteiger partial charge in [-0.2, -0.15) is 4.98 Å². The molecule has 84 valence electrons. The molecule has 0 bridgehead atoms. The molecule has 1 heterocycles. The van der Waals surface area contributed by atoms with E-state index in [1.165, 1.54) is 0 Å². The molecular weight excluding hydrogens is 208 g/mol. The number of hydrogen-bond acceptors (Lipinski definition) is 5. The van der Waals surface area contributed by atoms with Crippen LogP contribution in [-0.4, -0.2) is 29.0 Å². The summed E-state index contributed by atoms with van der Waals surface area (Å²) in [7, 11) is 1.62. The molecule has 0 aliphatic heterocycles. The van der Waals surface area contributed by atoms with Crippen LogP contribution in [0.4, 0.5) is 0 Å². The summed E-state index contributed by atoms with van der Waals surface area (Å²) in [6, 6.07) is 6.72. The van der Waals surface area contributed by atoms with Crippen LogP contribution in [0.15, 0.2) is 28.8 Å². The summed E-state index contributed by atoms with van der Waals surface area (Å²) in [5.74, 6) is 1.18. The van der Waals surface area contributed by atoms with E-state index in [4.69, 9.17) is 9.26 Å². The summed E-state index contributed by atoms with van der Waals surface area (Å²) < 4.78 is 9.95. The molecule has 0 radical (unpaired) electrons. The van der Waals surface area contributed by atoms with Crippen LogP contribution in [0.3, 0.4) is 0 Å². The van der Waals surface area contributed by atoms with Gasteiger partial charge >= 0.3 is 0 Å². The monoisotopic (exact) mass is 220 g/mol. The third-order valence-corrected chi connectivity index (χ3v) is 2.09. The summed E-state index contributed by atoms with van der Waals surface area (Å²) in [5, 5.41) is 13.1. The first-order valence-electron chi connectivity index (χ1n) is 4.90. The Morgan fingerprint density at radius 1 is 1.44 bits per heavy atom. The Morgan fingerprint density at radius 2 is 2.31 bits per heavy atom. The lowest BCUT2D eigenvalue weighted by Gasteiger charge is -1.94. The molecule has 0 fully saturated rings. The molecule has 16 heavy (non-hydrogen) atoms. The van der Waals surface area contributed by atoms with Gasteiger partial charge < -0.3 is 14.4 Å². The van der Waals surface area contributed by atoms with Crippen molar-refractivity contribution in [3.63, 3.8) is 0 Å². The molecule has 2 rings (SSSR count). The number of phenolic OH excluding ortho intramolecular Hbond substituents is 1. The van der Waals surface area contributed by atoms with E-state index < -0.39 is 0 Å². The maximum atomic E-state index is 9.32. The first kappa shape index (κ1) is 10.6. The van der Waals surface area contributed by atoms with Crippen LogP contribution in [-0.2, 0) is 11.2 Å². The van der Waals surface area contributed by atoms with Crippen molar-refractivity contribution in [1.82, 2.24) is 10.1 Å². The Morgan fingerprint density at radius 3 is 3.06 bits per heavy atom. The average Bonchev–Trinajstić information content (AvgIpc) is 2.75. The predicted octanol–water partition coefficient (Wildman–Crippen LogP) is 1.63. The van der Waals surface area contributed by atoms with Gasteiger partial charge in [-0.3, -0.25) is 0 Å². The van der Waals surface area contributed by atoms with E-state index in [-0.39, 0.29) is 5.75 Å². The number of phenols is 1. The minimum Gasteiger partial charge on any atom is -0.508 e. The zero-order valence-corrected chi connectivity index (χ0v) is 8.88. The summed E-state index contributed by atoms with van der Waals surface area (Å²) in [6.45, 7) is 0.543. The minimum absolute atomic E-state index is 0.181. The van der Waals surface area contributed by atoms with Gasteiger partial charge in [0.1, 0.15) is 5.75 Å². The zero-order chi connectivity index (χ0) is 11.4. The maximum Gasteiger partial charge on any atom is 0.229 e. The van der Waals surface area contributed by atoms with Crippen molar-refractivity contribution < 1.29 is 14.4 Å². The molecule has 1 aromatic carbocycles. The van der Waals surface area contributed by atoms with Crippen LogP contribution < -0.4 is 0 Å². The van der Waals surface area contributed by atoms with Gasteiger partial charge in [-0.05, 0) is 12.1 Å². The van der Waals surface area contributed by atoms with Crippen LogP contribution in [0.1, 0.15) is 5.89 Å². The van der Waals surface area contributed by atoms with Gasteiger partial charge in [-0.1, -0.05) is 17.3 Å². The van der Waals surface area contributed by atoms with Gasteiger partial charge in [0.25, 0.3) is 0 Å². The van der Waals surface area contributed by atoms with Crippen LogP contribution >= 0.6 is 0 Å². The van der Waals surface area contributed by atoms with E-state index in [1.54, 1.807) is 25.3 Å². The third-order valence-electron chi connectivity index (χ3n) is 2.09. The second kappa shape index (κ2) is 4.76. The van der Waals surface area contributed by atoms with E-state index in [0.29, 0.717) is 24.7 Å². The fraction of sp³-hybridized carbons (Fsp3) is 0.273. The van der Waals surface area contributed by atoms with Crippen LogP contribution in [0, 0.1) is 0 Å². The number of aromatic hydroxyl groups is 1. The molecule has 0 atom stereocenters. The molecule has 0 unspecified atom stereocenters. The van der Waals surface area contributed by atoms with Crippen molar-refractivity contribution in [3.05, 3.63) is 30.2 Å². The average molecular weight is 220 g/mol. The lowest BCUT2D eigenvalue weighted by molar-refractivity contribution is 0.192. The van der Waals surface area contributed by atoms with Crippen molar-refractivity contribution in [2.75, 3.05) is 13.7 Å². The van der Waals surface area contributed by atoms with E-state index in [2.05, 4.69) is 10.1 Å². The van der Waals surface area contributed by atoms with Crippen molar-refractivity contribution in [2.45, 2.75) is 6.42 Å². The number of hydrogen-bond donors (Lipinski definition) is 1. The quantitative estimate of drug-likeness (QED) is 0.848. The van der Waals surface area contributed by atoms with Gasteiger partial charge in [0, 0.05) is 12.7 Å². The van der Waals surface area contributed by atoms with Gasteiger partial charge in [-0.15, -0.1) is 0 Å². The predicted molar refractivity (Wildman–Crippen MR) is 57.0 cm³/mol. The SMILES string of the molecule is COCCc1nc(-c2cccc(O)c2)no1. The Hall–Kier alpha value is -1.88. The number of aromatic nitrogens is 2. The molecule has 5 heteroatoms. The Labute approximate surface area is 92.7 Å². The maximum absolute atomic E-state index is 9.32. The number of rotatable bonds is 4. The highest BCUT2D eigenvalue weighted by atomic mass is 16.5. The Balaban J connectivity index is 2.18. The molecule has 1 N–H and O–H groups in total. The standard InChI is InChI=1S/C11H12N2O3/c1-15-6-5-10-12-11(13-16-10)8-3-2-4-9(14)7-8/h2-4,7,14H,5-6H2,1H3. The van der Waals surface area contributed by atoms with Crippen molar-refractivity contribution in [3.8, 4) is 17.1 Å². The number of methoxy groups -OCH3 is 1. The Kier molecular flexibility index (Phi) is 3.16. The minimum atomic E-state index is 0.181. The molecule has 1 aromatic heterocycles. The second-order valence-electron chi connectivity index (χ2n) is 3.30. The highest BCUT2D eigenvalue weighted by Crippen LogP contribution is 2.20. The Bertz CT molecular complexity index is 468. The van der Waals surface area contributed by atoms with Crippen LogP contribution in [0.5, 0.6) is 5.75 Å². The first-order valence-corrected chi connectivity index (χ1v) is 4.90. The normalized spacial score (nSPS) is 10.6. The highest BCUT2D eigenvalue weighted by molar-refractivity contribution is 5.56. The summed E-state index contributed by atoms with van der Waals surface area (Å²) in [6.07, 6.45) is 0.586. The van der Waals surface area contributed by atoms with Crippen molar-refractivity contribution in [2.24, 2.45) is 0 Å². The molecule has 5 nitrogen and oxygen atoms in total. The first-order chi connectivity index (χ1) is 7.79. The van der Waals surface area contributed by atoms with Gasteiger partial charge in [0.05, 0.1) is 13.0 Å². The third kappa shape index (κ3) is 2.38. The largest absolute Gasteiger partial charge is 0.508 e. The lowest BCUT2D eigenvalue weighted by atomic mass is 10.2. The van der Waals surface area contributed by atoms with E-state index in [1.807, 2.05) is 6.07 Å². The summed E-state index contributed by atoms with van der Waals surface area (Å²) >= 11 is 0. The van der Waals surface area contributed by atoms with E-state index in [0.717, 1.165) is 5.56 Å². The molecular formula is C11H12N2O3. The number of benzene rings is 1. The fourth-order valence-electron chi connectivity index (χ4n) is 1.31. The second-order valence-corrected chi connectivity index (χ2v) is 3.30. The summed E-state index contributed by atoms with van der Waals surface area (Å²) in [5.41, 5.74) is 0.729. The lowest BCUT2D eigenvalue weighted by Crippen LogP contribution is -1.94. The number of nitrogens with zero attached hydrogens (tertiary/aromatic N) is 2. The molecule has 0 spiro atoms. The molecule has 0 saturated carbocycles. The van der Waals surface area contributed by atoms with Crippen LogP contribution in [0.2, 0.25) is 0 Å². The zero-order valence-electron chi connectivity index (χ0n) is 8.88. The van der Waals surface area contributed by atoms with Crippen molar-refractivity contribution in [1.29, 1.82) is 0 Å². The summed E-state index contributed by atoms with van der Waals surface area (Å²) in [4.78, 5) is 4.19. The fourth-order valence-corrected chi connectivity index (χ4v) is 1.31.